The summed E-state index contributed by atoms with van der Waals surface area (Å²) >= 11 is 1.50. The van der Waals surface area contributed by atoms with Crippen LogP contribution in [0.5, 0.6) is 5.75 Å². The molecule has 1 amide bonds. The molecule has 0 aliphatic rings. The van der Waals surface area contributed by atoms with E-state index >= 15 is 0 Å². The van der Waals surface area contributed by atoms with Gasteiger partial charge in [-0.1, -0.05) is 17.4 Å². The second-order valence-corrected chi connectivity index (χ2v) is 7.37. The van der Waals surface area contributed by atoms with Crippen molar-refractivity contribution in [1.82, 2.24) is 19.7 Å². The second-order valence-electron chi connectivity index (χ2n) is 6.39. The molecule has 0 bridgehead atoms. The van der Waals surface area contributed by atoms with Crippen molar-refractivity contribution in [3.8, 4) is 5.75 Å². The summed E-state index contributed by atoms with van der Waals surface area (Å²) in [7, 11) is 7.39. The Morgan fingerprint density at radius 2 is 2.04 bits per heavy atom. The summed E-state index contributed by atoms with van der Waals surface area (Å²) in [5.41, 5.74) is 2.31. The zero-order valence-corrected chi connectivity index (χ0v) is 16.5. The van der Waals surface area contributed by atoms with Gasteiger partial charge in [-0.3, -0.25) is 14.4 Å². The largest absolute Gasteiger partial charge is 0.494 e. The maximum absolute atomic E-state index is 13.1. The van der Waals surface area contributed by atoms with Crippen LogP contribution in [0.15, 0.2) is 24.4 Å². The molecule has 2 heterocycles. The molecule has 3 aromatic rings. The molecule has 0 aliphatic heterocycles. The molecule has 0 spiro atoms. The van der Waals surface area contributed by atoms with Crippen molar-refractivity contribution in [3.63, 3.8) is 0 Å². The highest BCUT2D eigenvalue weighted by atomic mass is 32.1. The lowest BCUT2D eigenvalue weighted by Gasteiger charge is -2.21. The molecule has 0 fully saturated rings. The maximum Gasteiger partial charge on any atom is 0.280 e. The quantitative estimate of drug-likeness (QED) is 0.664. The molecule has 8 heteroatoms. The van der Waals surface area contributed by atoms with Gasteiger partial charge in [0, 0.05) is 26.3 Å². The molecule has 0 saturated heterocycles. The number of carbonyl (C=O) groups excluding carboxylic acids is 1. The standard InChI is InChI=1S/C18H23N5O2S/c1-12-6-7-14(25-5)15-16(12)26-18(19-15)23(11-10-21(2)3)17(24)13-8-9-22(4)20-13/h6-9H,10-11H2,1-5H3. The second kappa shape index (κ2) is 7.43. The lowest BCUT2D eigenvalue weighted by molar-refractivity contribution is 0.0979. The SMILES string of the molecule is COc1ccc(C)c2sc(N(CCN(C)C)C(=O)c3ccn(C)n3)nc12. The summed E-state index contributed by atoms with van der Waals surface area (Å²) in [4.78, 5) is 21.5. The van der Waals surface area contributed by atoms with Gasteiger partial charge < -0.3 is 9.64 Å². The number of nitrogens with zero attached hydrogens (tertiary/aromatic N) is 5. The summed E-state index contributed by atoms with van der Waals surface area (Å²) in [6, 6.07) is 5.64. The van der Waals surface area contributed by atoms with Crippen molar-refractivity contribution in [2.75, 3.05) is 39.2 Å². The van der Waals surface area contributed by atoms with E-state index in [2.05, 4.69) is 5.10 Å². The molecule has 0 unspecified atom stereocenters. The molecule has 0 saturated carbocycles. The van der Waals surface area contributed by atoms with Crippen molar-refractivity contribution >= 4 is 32.6 Å². The van der Waals surface area contributed by atoms with Crippen molar-refractivity contribution in [1.29, 1.82) is 0 Å². The zero-order chi connectivity index (χ0) is 18.8. The van der Waals surface area contributed by atoms with Crippen molar-refractivity contribution < 1.29 is 9.53 Å². The number of aryl methyl sites for hydroxylation is 2. The molecule has 7 nitrogen and oxygen atoms in total. The fourth-order valence-corrected chi connectivity index (χ4v) is 3.71. The number of methoxy groups -OCH3 is 1. The Bertz CT molecular complexity index is 931. The fraction of sp³-hybridized carbons (Fsp3) is 0.389. The molecule has 3 rings (SSSR count). The molecule has 2 aromatic heterocycles. The molecule has 26 heavy (non-hydrogen) atoms. The zero-order valence-electron chi connectivity index (χ0n) is 15.7. The number of carbonyl (C=O) groups is 1. The number of rotatable bonds is 6. The predicted octanol–water partition coefficient (Wildman–Crippen LogP) is 2.56. The molecule has 138 valence electrons. The van der Waals surface area contributed by atoms with E-state index < -0.39 is 0 Å². The van der Waals surface area contributed by atoms with E-state index in [0.717, 1.165) is 22.3 Å². The van der Waals surface area contributed by atoms with Crippen LogP contribution >= 0.6 is 11.3 Å². The average Bonchev–Trinajstić information content (AvgIpc) is 3.22. The van der Waals surface area contributed by atoms with Crippen LogP contribution in [-0.2, 0) is 7.05 Å². The third-order valence-corrected chi connectivity index (χ3v) is 5.31. The van der Waals surface area contributed by atoms with Gasteiger partial charge in [0.15, 0.2) is 10.8 Å². The van der Waals surface area contributed by atoms with Crippen LogP contribution < -0.4 is 9.64 Å². The Morgan fingerprint density at radius 3 is 2.65 bits per heavy atom. The normalized spacial score (nSPS) is 11.3. The van der Waals surface area contributed by atoms with Crippen LogP contribution in [0.2, 0.25) is 0 Å². The molecular formula is C18H23N5O2S. The van der Waals surface area contributed by atoms with Gasteiger partial charge in [-0.25, -0.2) is 4.98 Å². The van der Waals surface area contributed by atoms with Gasteiger partial charge >= 0.3 is 0 Å². The Balaban J connectivity index is 2.05. The predicted molar refractivity (Wildman–Crippen MR) is 104 cm³/mol. The average molecular weight is 373 g/mol. The van der Waals surface area contributed by atoms with Crippen LogP contribution in [0.25, 0.3) is 10.2 Å². The first kappa shape index (κ1) is 18.3. The number of hydrogen-bond acceptors (Lipinski definition) is 6. The Morgan fingerprint density at radius 1 is 1.27 bits per heavy atom. The van der Waals surface area contributed by atoms with Crippen molar-refractivity contribution in [2.45, 2.75) is 6.92 Å². The van der Waals surface area contributed by atoms with Crippen LogP contribution in [-0.4, -0.2) is 59.9 Å². The molecule has 0 aliphatic carbocycles. The van der Waals surface area contributed by atoms with Crippen molar-refractivity contribution in [3.05, 3.63) is 35.7 Å². The first-order valence-corrected chi connectivity index (χ1v) is 9.12. The minimum atomic E-state index is -0.150. The minimum absolute atomic E-state index is 0.150. The summed E-state index contributed by atoms with van der Waals surface area (Å²) in [6.45, 7) is 3.29. The highest BCUT2D eigenvalue weighted by Gasteiger charge is 2.24. The van der Waals surface area contributed by atoms with Gasteiger partial charge in [0.2, 0.25) is 0 Å². The summed E-state index contributed by atoms with van der Waals surface area (Å²) < 4.78 is 8.10. The molecule has 0 radical (unpaired) electrons. The van der Waals surface area contributed by atoms with Crippen LogP contribution in [0.1, 0.15) is 16.1 Å². The van der Waals surface area contributed by atoms with E-state index in [9.17, 15) is 4.79 Å². The number of benzene rings is 1. The highest BCUT2D eigenvalue weighted by molar-refractivity contribution is 7.22. The van der Waals surface area contributed by atoms with Gasteiger partial charge in [0.05, 0.1) is 11.8 Å². The van der Waals surface area contributed by atoms with Gasteiger partial charge in [-0.05, 0) is 38.7 Å². The topological polar surface area (TPSA) is 63.5 Å². The lowest BCUT2D eigenvalue weighted by Crippen LogP contribution is -2.37. The number of hydrogen-bond donors (Lipinski definition) is 0. The minimum Gasteiger partial charge on any atom is -0.494 e. The monoisotopic (exact) mass is 373 g/mol. The van der Waals surface area contributed by atoms with Crippen molar-refractivity contribution in [2.24, 2.45) is 7.05 Å². The van der Waals surface area contributed by atoms with Gasteiger partial charge in [0.1, 0.15) is 11.3 Å². The number of thiazole rings is 1. The number of amides is 1. The van der Waals surface area contributed by atoms with E-state index in [4.69, 9.17) is 9.72 Å². The Hall–Kier alpha value is -2.45. The van der Waals surface area contributed by atoms with E-state index in [1.807, 2.05) is 38.1 Å². The van der Waals surface area contributed by atoms with Crippen LogP contribution in [0.4, 0.5) is 5.13 Å². The Labute approximate surface area is 156 Å². The highest BCUT2D eigenvalue weighted by Crippen LogP contribution is 2.36. The number of aromatic nitrogens is 3. The number of anilines is 1. The lowest BCUT2D eigenvalue weighted by atomic mass is 10.2. The molecular weight excluding hydrogens is 350 g/mol. The number of likely N-dealkylation sites (N-methyl/N-ethyl adjacent to an activating group) is 1. The van der Waals surface area contributed by atoms with Crippen LogP contribution in [0, 0.1) is 6.92 Å². The molecule has 0 N–H and O–H groups in total. The third-order valence-electron chi connectivity index (χ3n) is 4.09. The van der Waals surface area contributed by atoms with Crippen LogP contribution in [0.3, 0.4) is 0 Å². The van der Waals surface area contributed by atoms with E-state index in [-0.39, 0.29) is 5.91 Å². The number of fused-ring (bicyclic) bond motifs is 1. The number of ether oxygens (including phenoxy) is 1. The van der Waals surface area contributed by atoms with E-state index in [1.165, 1.54) is 11.3 Å². The molecule has 0 atom stereocenters. The van der Waals surface area contributed by atoms with Gasteiger partial charge in [-0.2, -0.15) is 5.10 Å². The Kier molecular flexibility index (Phi) is 5.24. The summed E-state index contributed by atoms with van der Waals surface area (Å²) in [6.07, 6.45) is 1.77. The van der Waals surface area contributed by atoms with E-state index in [1.54, 1.807) is 36.0 Å². The first-order chi connectivity index (χ1) is 12.4. The van der Waals surface area contributed by atoms with Gasteiger partial charge in [-0.15, -0.1) is 0 Å². The van der Waals surface area contributed by atoms with E-state index in [0.29, 0.717) is 23.1 Å². The van der Waals surface area contributed by atoms with Gasteiger partial charge in [0.25, 0.3) is 5.91 Å². The first-order valence-electron chi connectivity index (χ1n) is 8.31. The third kappa shape index (κ3) is 3.56. The fourth-order valence-electron chi connectivity index (χ4n) is 2.63. The summed E-state index contributed by atoms with van der Waals surface area (Å²) in [5, 5.41) is 4.91. The smallest absolute Gasteiger partial charge is 0.280 e. The maximum atomic E-state index is 13.1. The molecule has 1 aromatic carbocycles. The summed E-state index contributed by atoms with van der Waals surface area (Å²) in [5.74, 6) is 0.564.